The van der Waals surface area contributed by atoms with Gasteiger partial charge in [-0.1, -0.05) is 24.3 Å². The molecular weight excluding hydrogens is 264 g/mol. The number of ether oxygens (including phenoxy) is 4. The minimum atomic E-state index is -0.405. The standard InChI is InChI=1S/C14H18O6/c1-17-13(15)9-19-7-11-3-5-12(6-4-11)8-20-10-14(16)18-2/h3-6H,7-10H2,1-2H3. The lowest BCUT2D eigenvalue weighted by atomic mass is 10.1. The first-order valence-electron chi connectivity index (χ1n) is 6.02. The Hall–Kier alpha value is -1.92. The molecular formula is C14H18O6. The molecule has 1 rings (SSSR count). The van der Waals surface area contributed by atoms with Crippen LogP contribution in [0.15, 0.2) is 24.3 Å². The average Bonchev–Trinajstić information content (AvgIpc) is 2.48. The maximum atomic E-state index is 10.9. The van der Waals surface area contributed by atoms with E-state index in [0.29, 0.717) is 13.2 Å². The third kappa shape index (κ3) is 6.31. The molecule has 20 heavy (non-hydrogen) atoms. The van der Waals surface area contributed by atoms with Gasteiger partial charge in [-0.3, -0.25) is 0 Å². The Labute approximate surface area is 117 Å². The van der Waals surface area contributed by atoms with Crippen molar-refractivity contribution in [2.24, 2.45) is 0 Å². The Morgan fingerprint density at radius 1 is 0.800 bits per heavy atom. The highest BCUT2D eigenvalue weighted by atomic mass is 16.6. The minimum Gasteiger partial charge on any atom is -0.467 e. The van der Waals surface area contributed by atoms with Crippen molar-refractivity contribution < 1.29 is 28.5 Å². The van der Waals surface area contributed by atoms with Crippen molar-refractivity contribution in [3.8, 4) is 0 Å². The predicted octanol–water partition coefficient (Wildman–Crippen LogP) is 1.07. The minimum absolute atomic E-state index is 0.0690. The van der Waals surface area contributed by atoms with E-state index in [0.717, 1.165) is 11.1 Å². The van der Waals surface area contributed by atoms with E-state index in [1.807, 2.05) is 24.3 Å². The molecule has 0 saturated carbocycles. The van der Waals surface area contributed by atoms with Crippen molar-refractivity contribution in [1.29, 1.82) is 0 Å². The number of carbonyl (C=O) groups excluding carboxylic acids is 2. The number of carbonyl (C=O) groups is 2. The van der Waals surface area contributed by atoms with Crippen LogP contribution in [0.25, 0.3) is 0 Å². The van der Waals surface area contributed by atoms with E-state index < -0.39 is 11.9 Å². The quantitative estimate of drug-likeness (QED) is 0.664. The molecule has 0 amide bonds. The van der Waals surface area contributed by atoms with Crippen LogP contribution in [-0.2, 0) is 41.8 Å². The number of benzene rings is 1. The van der Waals surface area contributed by atoms with Gasteiger partial charge in [-0.05, 0) is 11.1 Å². The summed E-state index contributed by atoms with van der Waals surface area (Å²) in [5.74, 6) is -0.810. The molecule has 0 saturated heterocycles. The van der Waals surface area contributed by atoms with E-state index in [-0.39, 0.29) is 13.2 Å². The largest absolute Gasteiger partial charge is 0.467 e. The molecule has 0 aromatic heterocycles. The molecule has 0 spiro atoms. The first kappa shape index (κ1) is 16.1. The molecule has 0 aliphatic heterocycles. The predicted molar refractivity (Wildman–Crippen MR) is 69.8 cm³/mol. The molecule has 0 aliphatic rings. The summed E-state index contributed by atoms with van der Waals surface area (Å²) in [6.45, 7) is 0.526. The second-order valence-electron chi connectivity index (χ2n) is 3.95. The first-order valence-corrected chi connectivity index (χ1v) is 6.02. The third-order valence-electron chi connectivity index (χ3n) is 2.46. The van der Waals surface area contributed by atoms with Crippen molar-refractivity contribution >= 4 is 11.9 Å². The van der Waals surface area contributed by atoms with Gasteiger partial charge in [-0.25, -0.2) is 9.59 Å². The maximum absolute atomic E-state index is 10.9. The van der Waals surface area contributed by atoms with Gasteiger partial charge in [0, 0.05) is 0 Å². The summed E-state index contributed by atoms with van der Waals surface area (Å²) in [4.78, 5) is 21.7. The van der Waals surface area contributed by atoms with Gasteiger partial charge in [0.2, 0.25) is 0 Å². The normalized spacial score (nSPS) is 10.1. The Morgan fingerprint density at radius 2 is 1.15 bits per heavy atom. The van der Waals surface area contributed by atoms with E-state index in [1.54, 1.807) is 0 Å². The van der Waals surface area contributed by atoms with Gasteiger partial charge in [0.1, 0.15) is 13.2 Å². The molecule has 0 atom stereocenters. The zero-order valence-electron chi connectivity index (χ0n) is 11.6. The van der Waals surface area contributed by atoms with Crippen LogP contribution in [0, 0.1) is 0 Å². The summed E-state index contributed by atoms with van der Waals surface area (Å²) in [7, 11) is 2.63. The highest BCUT2D eigenvalue weighted by Crippen LogP contribution is 2.07. The van der Waals surface area contributed by atoms with Crippen LogP contribution in [0.2, 0.25) is 0 Å². The molecule has 0 N–H and O–H groups in total. The molecule has 0 radical (unpaired) electrons. The van der Waals surface area contributed by atoms with Crippen molar-refractivity contribution in [3.05, 3.63) is 35.4 Å². The fraction of sp³-hybridized carbons (Fsp3) is 0.429. The lowest BCUT2D eigenvalue weighted by Gasteiger charge is -2.06. The molecule has 1 aromatic carbocycles. The van der Waals surface area contributed by atoms with E-state index in [4.69, 9.17) is 9.47 Å². The molecule has 6 nitrogen and oxygen atoms in total. The Kier molecular flexibility index (Phi) is 7.31. The van der Waals surface area contributed by atoms with Crippen LogP contribution in [-0.4, -0.2) is 39.4 Å². The molecule has 0 fully saturated rings. The van der Waals surface area contributed by atoms with Crippen LogP contribution in [0.3, 0.4) is 0 Å². The number of esters is 2. The van der Waals surface area contributed by atoms with Gasteiger partial charge in [0.15, 0.2) is 0 Å². The van der Waals surface area contributed by atoms with Crippen LogP contribution in [0.4, 0.5) is 0 Å². The Balaban J connectivity index is 2.29. The van der Waals surface area contributed by atoms with Gasteiger partial charge in [0.05, 0.1) is 27.4 Å². The van der Waals surface area contributed by atoms with Crippen molar-refractivity contribution in [2.75, 3.05) is 27.4 Å². The average molecular weight is 282 g/mol. The summed E-state index contributed by atoms with van der Waals surface area (Å²) in [6, 6.07) is 7.48. The van der Waals surface area contributed by atoms with Crippen molar-refractivity contribution in [2.45, 2.75) is 13.2 Å². The lowest BCUT2D eigenvalue weighted by molar-refractivity contribution is -0.147. The van der Waals surface area contributed by atoms with Crippen LogP contribution < -0.4 is 0 Å². The number of hydrogen-bond donors (Lipinski definition) is 0. The van der Waals surface area contributed by atoms with Crippen LogP contribution in [0.1, 0.15) is 11.1 Å². The topological polar surface area (TPSA) is 71.1 Å². The summed E-state index contributed by atoms with van der Waals surface area (Å²) < 4.78 is 19.3. The molecule has 1 aromatic rings. The highest BCUT2D eigenvalue weighted by molar-refractivity contribution is 5.70. The van der Waals surface area contributed by atoms with Gasteiger partial charge in [0.25, 0.3) is 0 Å². The zero-order chi connectivity index (χ0) is 14.8. The Morgan fingerprint density at radius 3 is 1.45 bits per heavy atom. The molecule has 0 bridgehead atoms. The van der Waals surface area contributed by atoms with Crippen LogP contribution >= 0.6 is 0 Å². The van der Waals surface area contributed by atoms with Gasteiger partial charge < -0.3 is 18.9 Å². The first-order chi connectivity index (χ1) is 9.65. The van der Waals surface area contributed by atoms with Gasteiger partial charge in [-0.15, -0.1) is 0 Å². The van der Waals surface area contributed by atoms with Crippen LogP contribution in [0.5, 0.6) is 0 Å². The summed E-state index contributed by atoms with van der Waals surface area (Å²) in [6.07, 6.45) is 0. The van der Waals surface area contributed by atoms with Crippen molar-refractivity contribution in [1.82, 2.24) is 0 Å². The zero-order valence-corrected chi connectivity index (χ0v) is 11.6. The summed E-state index contributed by atoms with van der Waals surface area (Å²) in [5.41, 5.74) is 1.87. The van der Waals surface area contributed by atoms with Gasteiger partial charge >= 0.3 is 11.9 Å². The molecule has 0 aliphatic carbocycles. The SMILES string of the molecule is COC(=O)COCc1ccc(COCC(=O)OC)cc1. The fourth-order valence-corrected chi connectivity index (χ4v) is 1.35. The second-order valence-corrected chi connectivity index (χ2v) is 3.95. The summed E-state index contributed by atoms with van der Waals surface area (Å²) in [5, 5.41) is 0. The second kappa shape index (κ2) is 9.06. The van der Waals surface area contributed by atoms with Crippen molar-refractivity contribution in [3.63, 3.8) is 0 Å². The number of rotatable bonds is 8. The number of methoxy groups -OCH3 is 2. The highest BCUT2D eigenvalue weighted by Gasteiger charge is 2.02. The number of hydrogen-bond acceptors (Lipinski definition) is 6. The van der Waals surface area contributed by atoms with E-state index in [9.17, 15) is 9.59 Å². The molecule has 0 unspecified atom stereocenters. The van der Waals surface area contributed by atoms with E-state index in [1.165, 1.54) is 14.2 Å². The third-order valence-corrected chi connectivity index (χ3v) is 2.46. The lowest BCUT2D eigenvalue weighted by Crippen LogP contribution is -2.10. The summed E-state index contributed by atoms with van der Waals surface area (Å²) >= 11 is 0. The molecule has 6 heteroatoms. The maximum Gasteiger partial charge on any atom is 0.331 e. The van der Waals surface area contributed by atoms with E-state index >= 15 is 0 Å². The Bertz CT molecular complexity index is 385. The molecule has 0 heterocycles. The molecule has 110 valence electrons. The fourth-order valence-electron chi connectivity index (χ4n) is 1.35. The monoisotopic (exact) mass is 282 g/mol. The van der Waals surface area contributed by atoms with Gasteiger partial charge in [-0.2, -0.15) is 0 Å². The van der Waals surface area contributed by atoms with E-state index in [2.05, 4.69) is 9.47 Å². The smallest absolute Gasteiger partial charge is 0.331 e.